The van der Waals surface area contributed by atoms with Gasteiger partial charge in [-0.05, 0) is 67.2 Å². The minimum atomic E-state index is 0.470. The van der Waals surface area contributed by atoms with Crippen molar-refractivity contribution in [2.75, 3.05) is 0 Å². The SMILES string of the molecule is Clc1ccc2c(c1)CCCC21CC2C=CC1C2. The fourth-order valence-electron chi connectivity index (χ4n) is 4.54. The lowest BCUT2D eigenvalue weighted by atomic mass is 9.63. The number of hydrogen-bond acceptors (Lipinski definition) is 0. The molecule has 17 heavy (non-hydrogen) atoms. The monoisotopic (exact) mass is 244 g/mol. The molecule has 0 heterocycles. The summed E-state index contributed by atoms with van der Waals surface area (Å²) in [5, 5.41) is 0.902. The number of allylic oxidation sites excluding steroid dienone is 2. The first-order valence-corrected chi connectivity index (χ1v) is 7.13. The van der Waals surface area contributed by atoms with Gasteiger partial charge in [-0.1, -0.05) is 29.8 Å². The topological polar surface area (TPSA) is 0 Å². The van der Waals surface area contributed by atoms with E-state index in [0.717, 1.165) is 16.9 Å². The fraction of sp³-hybridized carbons (Fsp3) is 0.500. The summed E-state index contributed by atoms with van der Waals surface area (Å²) in [6.45, 7) is 0. The number of aryl methyl sites for hydroxylation is 1. The number of halogens is 1. The van der Waals surface area contributed by atoms with Gasteiger partial charge in [-0.15, -0.1) is 0 Å². The average Bonchev–Trinajstić information content (AvgIpc) is 2.89. The van der Waals surface area contributed by atoms with Crippen molar-refractivity contribution in [1.29, 1.82) is 0 Å². The Morgan fingerprint density at radius 1 is 1.24 bits per heavy atom. The summed E-state index contributed by atoms with van der Waals surface area (Å²) in [5.74, 6) is 1.65. The summed E-state index contributed by atoms with van der Waals surface area (Å²) in [6.07, 6.45) is 11.6. The number of benzene rings is 1. The van der Waals surface area contributed by atoms with Crippen LogP contribution in [-0.2, 0) is 11.8 Å². The van der Waals surface area contributed by atoms with Gasteiger partial charge in [0.05, 0.1) is 0 Å². The maximum absolute atomic E-state index is 6.14. The van der Waals surface area contributed by atoms with Crippen LogP contribution in [0.3, 0.4) is 0 Å². The van der Waals surface area contributed by atoms with E-state index in [2.05, 4.69) is 30.4 Å². The van der Waals surface area contributed by atoms with Crippen molar-refractivity contribution < 1.29 is 0 Å². The highest BCUT2D eigenvalue weighted by atomic mass is 35.5. The maximum Gasteiger partial charge on any atom is 0.0408 e. The molecule has 0 N–H and O–H groups in total. The van der Waals surface area contributed by atoms with Gasteiger partial charge in [0.15, 0.2) is 0 Å². The van der Waals surface area contributed by atoms with Crippen LogP contribution in [0.2, 0.25) is 5.02 Å². The first-order valence-electron chi connectivity index (χ1n) is 6.75. The van der Waals surface area contributed by atoms with Crippen LogP contribution in [0.25, 0.3) is 0 Å². The zero-order valence-corrected chi connectivity index (χ0v) is 10.7. The van der Waals surface area contributed by atoms with E-state index >= 15 is 0 Å². The molecule has 0 nitrogen and oxygen atoms in total. The summed E-state index contributed by atoms with van der Waals surface area (Å²) >= 11 is 6.14. The van der Waals surface area contributed by atoms with Gasteiger partial charge in [0.1, 0.15) is 0 Å². The lowest BCUT2D eigenvalue weighted by molar-refractivity contribution is 0.303. The normalized spacial score (nSPS) is 37.7. The first kappa shape index (κ1) is 10.2. The van der Waals surface area contributed by atoms with Crippen molar-refractivity contribution in [3.05, 3.63) is 46.5 Å². The van der Waals surface area contributed by atoms with Gasteiger partial charge in [-0.2, -0.15) is 0 Å². The standard InChI is InChI=1S/C16H17Cl/c17-14-5-6-15-12(9-14)2-1-7-16(15)10-11-3-4-13(16)8-11/h3-6,9,11,13H,1-2,7-8,10H2. The van der Waals surface area contributed by atoms with Gasteiger partial charge in [0.2, 0.25) is 0 Å². The Morgan fingerprint density at radius 2 is 2.18 bits per heavy atom. The third-order valence-electron chi connectivity index (χ3n) is 5.18. The molecule has 88 valence electrons. The number of fused-ring (bicyclic) bond motifs is 5. The van der Waals surface area contributed by atoms with Gasteiger partial charge in [0.25, 0.3) is 0 Å². The summed E-state index contributed by atoms with van der Waals surface area (Å²) in [7, 11) is 0. The molecule has 1 heteroatoms. The molecule has 1 aromatic carbocycles. The maximum atomic E-state index is 6.14. The van der Waals surface area contributed by atoms with Crippen LogP contribution in [0.1, 0.15) is 36.8 Å². The van der Waals surface area contributed by atoms with Crippen LogP contribution in [-0.4, -0.2) is 0 Å². The molecule has 1 fully saturated rings. The first-order chi connectivity index (χ1) is 8.28. The van der Waals surface area contributed by atoms with E-state index in [9.17, 15) is 0 Å². The summed E-state index contributed by atoms with van der Waals surface area (Å²) in [4.78, 5) is 0. The van der Waals surface area contributed by atoms with E-state index in [4.69, 9.17) is 11.6 Å². The van der Waals surface area contributed by atoms with E-state index in [1.807, 2.05) is 0 Å². The van der Waals surface area contributed by atoms with Crippen molar-refractivity contribution in [2.24, 2.45) is 11.8 Å². The lowest BCUT2D eigenvalue weighted by Crippen LogP contribution is -2.34. The van der Waals surface area contributed by atoms with Crippen LogP contribution >= 0.6 is 11.6 Å². The van der Waals surface area contributed by atoms with Gasteiger partial charge in [0, 0.05) is 10.4 Å². The Kier molecular flexibility index (Phi) is 2.03. The second kappa shape index (κ2) is 3.38. The highest BCUT2D eigenvalue weighted by Crippen LogP contribution is 2.58. The van der Waals surface area contributed by atoms with E-state index in [1.54, 1.807) is 5.56 Å². The Bertz CT molecular complexity index is 502. The van der Waals surface area contributed by atoms with Crippen LogP contribution in [0.15, 0.2) is 30.4 Å². The third kappa shape index (κ3) is 1.31. The molecule has 0 aliphatic heterocycles. The number of hydrogen-bond donors (Lipinski definition) is 0. The highest BCUT2D eigenvalue weighted by molar-refractivity contribution is 6.30. The molecule has 3 aliphatic carbocycles. The molecule has 3 unspecified atom stereocenters. The summed E-state index contributed by atoms with van der Waals surface area (Å²) < 4.78 is 0. The van der Waals surface area contributed by atoms with Gasteiger partial charge in [-0.25, -0.2) is 0 Å². The second-order valence-electron chi connectivity index (χ2n) is 6.00. The molecule has 0 aromatic heterocycles. The van der Waals surface area contributed by atoms with Crippen molar-refractivity contribution in [1.82, 2.24) is 0 Å². The van der Waals surface area contributed by atoms with E-state index in [0.29, 0.717) is 5.41 Å². The average molecular weight is 245 g/mol. The minimum absolute atomic E-state index is 0.470. The zero-order chi connectivity index (χ0) is 11.5. The molecule has 3 aliphatic rings. The largest absolute Gasteiger partial charge is 0.0851 e. The van der Waals surface area contributed by atoms with E-state index in [-0.39, 0.29) is 0 Å². The van der Waals surface area contributed by atoms with Crippen LogP contribution in [0.4, 0.5) is 0 Å². The molecule has 3 atom stereocenters. The predicted molar refractivity (Wildman–Crippen MR) is 71.4 cm³/mol. The summed E-state index contributed by atoms with van der Waals surface area (Å²) in [5.41, 5.74) is 3.60. The van der Waals surface area contributed by atoms with E-state index < -0.39 is 0 Å². The molecule has 0 saturated heterocycles. The Hall–Kier alpha value is -0.750. The molecule has 2 bridgehead atoms. The van der Waals surface area contributed by atoms with E-state index in [1.165, 1.54) is 37.7 Å². The van der Waals surface area contributed by atoms with Gasteiger partial charge < -0.3 is 0 Å². The van der Waals surface area contributed by atoms with Crippen molar-refractivity contribution in [3.63, 3.8) is 0 Å². The molecular formula is C16H17Cl. The van der Waals surface area contributed by atoms with Gasteiger partial charge in [-0.3, -0.25) is 0 Å². The van der Waals surface area contributed by atoms with Crippen molar-refractivity contribution in [3.8, 4) is 0 Å². The molecule has 4 rings (SSSR count). The molecule has 1 saturated carbocycles. The second-order valence-corrected chi connectivity index (χ2v) is 6.44. The molecular weight excluding hydrogens is 228 g/mol. The van der Waals surface area contributed by atoms with Crippen molar-refractivity contribution in [2.45, 2.75) is 37.5 Å². The molecule has 1 aromatic rings. The molecule has 0 radical (unpaired) electrons. The fourth-order valence-corrected chi connectivity index (χ4v) is 4.73. The Morgan fingerprint density at radius 3 is 2.94 bits per heavy atom. The minimum Gasteiger partial charge on any atom is -0.0851 e. The van der Waals surface area contributed by atoms with Crippen LogP contribution < -0.4 is 0 Å². The van der Waals surface area contributed by atoms with Gasteiger partial charge >= 0.3 is 0 Å². The molecule has 1 spiro atoms. The van der Waals surface area contributed by atoms with Crippen molar-refractivity contribution >= 4 is 11.6 Å². The van der Waals surface area contributed by atoms with Crippen LogP contribution in [0.5, 0.6) is 0 Å². The Labute approximate surface area is 108 Å². The third-order valence-corrected chi connectivity index (χ3v) is 5.42. The van der Waals surface area contributed by atoms with Crippen LogP contribution in [0, 0.1) is 11.8 Å². The molecule has 0 amide bonds. The predicted octanol–water partition coefficient (Wildman–Crippen LogP) is 4.51. The number of rotatable bonds is 0. The lowest BCUT2D eigenvalue weighted by Gasteiger charge is -2.41. The zero-order valence-electron chi connectivity index (χ0n) is 9.95. The Balaban J connectivity index is 1.88. The smallest absolute Gasteiger partial charge is 0.0408 e. The highest BCUT2D eigenvalue weighted by Gasteiger charge is 2.50. The summed E-state index contributed by atoms with van der Waals surface area (Å²) in [6, 6.07) is 6.60. The quantitative estimate of drug-likeness (QED) is 0.589.